The van der Waals surface area contributed by atoms with E-state index in [-0.39, 0.29) is 5.02 Å². The molecule has 0 aliphatic rings. The molecule has 128 valence electrons. The molecule has 0 atom stereocenters. The van der Waals surface area contributed by atoms with Crippen LogP contribution < -0.4 is 5.43 Å². The van der Waals surface area contributed by atoms with Crippen molar-refractivity contribution in [3.05, 3.63) is 63.7 Å². The quantitative estimate of drug-likeness (QED) is 0.334. The predicted octanol–water partition coefficient (Wildman–Crippen LogP) is 5.36. The maximum atomic E-state index is 13.6. The van der Waals surface area contributed by atoms with E-state index in [4.69, 9.17) is 11.6 Å². The summed E-state index contributed by atoms with van der Waals surface area (Å²) < 4.78 is 91.3. The van der Waals surface area contributed by atoms with Gasteiger partial charge in [0.2, 0.25) is 0 Å². The van der Waals surface area contributed by atoms with Gasteiger partial charge in [-0.1, -0.05) is 29.8 Å². The number of benzene rings is 2. The summed E-state index contributed by atoms with van der Waals surface area (Å²) in [5, 5.41) is 3.53. The summed E-state index contributed by atoms with van der Waals surface area (Å²) in [4.78, 5) is 0. The largest absolute Gasteiger partial charge is 0.422 e. The number of rotatable bonds is 3. The number of hydrogen-bond acceptors (Lipinski definition) is 2. The first-order valence-electron chi connectivity index (χ1n) is 6.11. The van der Waals surface area contributed by atoms with Gasteiger partial charge in [0.25, 0.3) is 0 Å². The number of hydrazone groups is 1. The van der Waals surface area contributed by atoms with E-state index in [0.29, 0.717) is 5.56 Å². The minimum Gasteiger partial charge on any atom is -0.272 e. The Kier molecular flexibility index (Phi) is 5.02. The molecule has 0 aromatic heterocycles. The third-order valence-electron chi connectivity index (χ3n) is 2.83. The first-order valence-corrected chi connectivity index (χ1v) is 6.49. The standard InChI is InChI=1S/C14H6ClF7N2/c15-7-4-2-1-3-6(7)5-23-24-13-11(18)9(16)8(14(20,21)22)10(17)12(13)19/h1-5,24H. The lowest BCUT2D eigenvalue weighted by molar-refractivity contribution is -0.143. The van der Waals surface area contributed by atoms with Gasteiger partial charge in [0.05, 0.1) is 6.21 Å². The smallest absolute Gasteiger partial charge is 0.272 e. The fraction of sp³-hybridized carbons (Fsp3) is 0.0714. The van der Waals surface area contributed by atoms with E-state index in [1.807, 2.05) is 0 Å². The molecule has 0 unspecified atom stereocenters. The molecule has 0 spiro atoms. The molecule has 0 radical (unpaired) electrons. The highest BCUT2D eigenvalue weighted by molar-refractivity contribution is 6.33. The van der Waals surface area contributed by atoms with Crippen LogP contribution in [0.3, 0.4) is 0 Å². The zero-order valence-corrected chi connectivity index (χ0v) is 12.1. The monoisotopic (exact) mass is 370 g/mol. The van der Waals surface area contributed by atoms with Crippen molar-refractivity contribution < 1.29 is 30.7 Å². The van der Waals surface area contributed by atoms with Crippen LogP contribution in [-0.4, -0.2) is 6.21 Å². The number of nitrogens with one attached hydrogen (secondary N) is 1. The Hall–Kier alpha value is -2.29. The molecule has 10 heteroatoms. The van der Waals surface area contributed by atoms with E-state index < -0.39 is 40.7 Å². The molecule has 0 heterocycles. The van der Waals surface area contributed by atoms with E-state index in [1.54, 1.807) is 17.6 Å². The summed E-state index contributed by atoms with van der Waals surface area (Å²) >= 11 is 5.78. The summed E-state index contributed by atoms with van der Waals surface area (Å²) in [7, 11) is 0. The second-order valence-electron chi connectivity index (χ2n) is 4.40. The maximum absolute atomic E-state index is 13.6. The third-order valence-corrected chi connectivity index (χ3v) is 3.18. The minimum absolute atomic E-state index is 0.216. The van der Waals surface area contributed by atoms with Gasteiger partial charge in [0, 0.05) is 10.6 Å². The second-order valence-corrected chi connectivity index (χ2v) is 4.80. The average molecular weight is 371 g/mol. The van der Waals surface area contributed by atoms with Gasteiger partial charge in [-0.25, -0.2) is 17.6 Å². The van der Waals surface area contributed by atoms with Gasteiger partial charge in [0.1, 0.15) is 11.3 Å². The maximum Gasteiger partial charge on any atom is 0.422 e. The van der Waals surface area contributed by atoms with Gasteiger partial charge in [-0.3, -0.25) is 5.43 Å². The third kappa shape index (κ3) is 3.45. The van der Waals surface area contributed by atoms with Gasteiger partial charge in [-0.05, 0) is 6.07 Å². The molecule has 0 fully saturated rings. The van der Waals surface area contributed by atoms with Crippen LogP contribution >= 0.6 is 11.6 Å². The Morgan fingerprint density at radius 2 is 1.46 bits per heavy atom. The number of alkyl halides is 3. The molecule has 0 bridgehead atoms. The average Bonchev–Trinajstić information content (AvgIpc) is 2.49. The molecular weight excluding hydrogens is 365 g/mol. The van der Waals surface area contributed by atoms with Crippen LogP contribution in [0.1, 0.15) is 11.1 Å². The molecule has 2 nitrogen and oxygen atoms in total. The number of hydrogen-bond donors (Lipinski definition) is 1. The van der Waals surface area contributed by atoms with Crippen molar-refractivity contribution in [1.29, 1.82) is 0 Å². The van der Waals surface area contributed by atoms with E-state index in [1.165, 1.54) is 12.1 Å². The van der Waals surface area contributed by atoms with Gasteiger partial charge in [-0.2, -0.15) is 18.3 Å². The summed E-state index contributed by atoms with van der Waals surface area (Å²) in [5.74, 6) is -9.65. The Balaban J connectivity index is 2.41. The lowest BCUT2D eigenvalue weighted by Gasteiger charge is -2.13. The van der Waals surface area contributed by atoms with Crippen LogP contribution in [0.4, 0.5) is 36.4 Å². The van der Waals surface area contributed by atoms with Crippen molar-refractivity contribution in [2.45, 2.75) is 6.18 Å². The molecule has 0 amide bonds. The second kappa shape index (κ2) is 6.68. The lowest BCUT2D eigenvalue weighted by Crippen LogP contribution is -2.16. The van der Waals surface area contributed by atoms with Crippen molar-refractivity contribution >= 4 is 23.5 Å². The van der Waals surface area contributed by atoms with E-state index in [2.05, 4.69) is 5.10 Å². The molecular formula is C14H6ClF7N2. The van der Waals surface area contributed by atoms with Crippen LogP contribution in [0.25, 0.3) is 0 Å². The van der Waals surface area contributed by atoms with Crippen LogP contribution in [0, 0.1) is 23.3 Å². The summed E-state index contributed by atoms with van der Waals surface area (Å²) in [6, 6.07) is 6.09. The zero-order chi connectivity index (χ0) is 18.1. The summed E-state index contributed by atoms with van der Waals surface area (Å²) in [6.45, 7) is 0. The SMILES string of the molecule is Fc1c(F)c(C(F)(F)F)c(F)c(F)c1NN=Cc1ccccc1Cl. The Labute approximate surface area is 135 Å². The topological polar surface area (TPSA) is 24.4 Å². The molecule has 1 N–H and O–H groups in total. The molecule has 0 saturated carbocycles. The van der Waals surface area contributed by atoms with Gasteiger partial charge < -0.3 is 0 Å². The molecule has 2 aromatic rings. The van der Waals surface area contributed by atoms with Crippen molar-refractivity contribution in [2.24, 2.45) is 5.10 Å². The normalized spacial score (nSPS) is 12.0. The van der Waals surface area contributed by atoms with Gasteiger partial charge >= 0.3 is 6.18 Å². The fourth-order valence-electron chi connectivity index (χ4n) is 1.72. The minimum atomic E-state index is -5.60. The number of anilines is 1. The zero-order valence-electron chi connectivity index (χ0n) is 11.4. The van der Waals surface area contributed by atoms with Crippen LogP contribution in [-0.2, 0) is 6.18 Å². The van der Waals surface area contributed by atoms with Crippen LogP contribution in [0.5, 0.6) is 0 Å². The van der Waals surface area contributed by atoms with E-state index >= 15 is 0 Å². The fourth-order valence-corrected chi connectivity index (χ4v) is 1.91. The highest BCUT2D eigenvalue weighted by atomic mass is 35.5. The highest BCUT2D eigenvalue weighted by Crippen LogP contribution is 2.38. The van der Waals surface area contributed by atoms with Crippen LogP contribution in [0.2, 0.25) is 5.02 Å². The number of nitrogens with zero attached hydrogens (tertiary/aromatic N) is 1. The van der Waals surface area contributed by atoms with Crippen molar-refractivity contribution in [1.82, 2.24) is 0 Å². The molecule has 0 saturated heterocycles. The summed E-state index contributed by atoms with van der Waals surface area (Å²) in [5.41, 5.74) is -2.23. The Morgan fingerprint density at radius 1 is 0.917 bits per heavy atom. The molecule has 2 aromatic carbocycles. The highest BCUT2D eigenvalue weighted by Gasteiger charge is 2.42. The summed E-state index contributed by atoms with van der Waals surface area (Å²) in [6.07, 6.45) is -4.64. The van der Waals surface area contributed by atoms with Gasteiger partial charge in [0.15, 0.2) is 23.3 Å². The first-order chi connectivity index (χ1) is 11.1. The van der Waals surface area contributed by atoms with E-state index in [0.717, 1.165) is 6.21 Å². The van der Waals surface area contributed by atoms with E-state index in [9.17, 15) is 30.7 Å². The Morgan fingerprint density at radius 3 is 1.96 bits per heavy atom. The number of halogens is 8. The van der Waals surface area contributed by atoms with Crippen molar-refractivity contribution in [3.8, 4) is 0 Å². The first kappa shape index (κ1) is 18.1. The Bertz CT molecular complexity index is 773. The molecule has 24 heavy (non-hydrogen) atoms. The predicted molar refractivity (Wildman–Crippen MR) is 73.9 cm³/mol. The lowest BCUT2D eigenvalue weighted by atomic mass is 10.1. The molecule has 0 aliphatic heterocycles. The van der Waals surface area contributed by atoms with Crippen molar-refractivity contribution in [3.63, 3.8) is 0 Å². The molecule has 0 aliphatic carbocycles. The van der Waals surface area contributed by atoms with Gasteiger partial charge in [-0.15, -0.1) is 0 Å². The molecule has 2 rings (SSSR count). The van der Waals surface area contributed by atoms with Crippen molar-refractivity contribution in [2.75, 3.05) is 5.43 Å². The van der Waals surface area contributed by atoms with Crippen LogP contribution in [0.15, 0.2) is 29.4 Å².